The standard InChI is InChI=1S/C17H21N5O4S2/c1-4-26-8-7-22-13-6-5-12(28(18,24)25)9-14(13)27-17(22)20-16(23)15-11(2)10-19-21(15)3/h5-6,9-10H,4,7-8H2,1-3H3,(H2,18,24,25). The van der Waals surface area contributed by atoms with Gasteiger partial charge >= 0.3 is 0 Å². The van der Waals surface area contributed by atoms with Crippen molar-refractivity contribution in [1.29, 1.82) is 0 Å². The molecule has 0 spiro atoms. The van der Waals surface area contributed by atoms with Gasteiger partial charge in [0.2, 0.25) is 10.0 Å². The van der Waals surface area contributed by atoms with Gasteiger partial charge in [-0.2, -0.15) is 10.1 Å². The second kappa shape index (κ2) is 7.95. The van der Waals surface area contributed by atoms with E-state index < -0.39 is 15.9 Å². The van der Waals surface area contributed by atoms with Crippen LogP contribution in [-0.2, 0) is 28.4 Å². The summed E-state index contributed by atoms with van der Waals surface area (Å²) in [6.07, 6.45) is 1.61. The average Bonchev–Trinajstić information content (AvgIpc) is 3.13. The lowest BCUT2D eigenvalue weighted by Gasteiger charge is -2.06. The van der Waals surface area contributed by atoms with Crippen LogP contribution in [0.4, 0.5) is 0 Å². The zero-order valence-electron chi connectivity index (χ0n) is 15.7. The first kappa shape index (κ1) is 20.4. The molecular formula is C17H21N5O4S2. The van der Waals surface area contributed by atoms with Gasteiger partial charge in [0.1, 0.15) is 5.69 Å². The molecule has 0 aliphatic heterocycles. The minimum absolute atomic E-state index is 0.0126. The third-order valence-electron chi connectivity index (χ3n) is 4.17. The Balaban J connectivity index is 2.16. The van der Waals surface area contributed by atoms with Gasteiger partial charge in [0.05, 0.1) is 27.9 Å². The maximum absolute atomic E-state index is 12.7. The van der Waals surface area contributed by atoms with E-state index >= 15 is 0 Å². The number of amides is 1. The molecule has 2 N–H and O–H groups in total. The maximum Gasteiger partial charge on any atom is 0.298 e. The van der Waals surface area contributed by atoms with Crippen molar-refractivity contribution in [2.45, 2.75) is 25.3 Å². The Morgan fingerprint density at radius 3 is 2.75 bits per heavy atom. The van der Waals surface area contributed by atoms with Crippen molar-refractivity contribution in [3.8, 4) is 0 Å². The van der Waals surface area contributed by atoms with Crippen molar-refractivity contribution in [1.82, 2.24) is 14.3 Å². The predicted molar refractivity (Wildman–Crippen MR) is 106 cm³/mol. The number of primary sulfonamides is 1. The monoisotopic (exact) mass is 423 g/mol. The number of carbonyl (C=O) groups is 1. The Morgan fingerprint density at radius 1 is 1.39 bits per heavy atom. The van der Waals surface area contributed by atoms with Crippen LogP contribution in [0.1, 0.15) is 23.0 Å². The van der Waals surface area contributed by atoms with E-state index in [1.807, 2.05) is 11.5 Å². The first-order valence-electron chi connectivity index (χ1n) is 8.54. The number of thiazole rings is 1. The van der Waals surface area contributed by atoms with Crippen molar-refractivity contribution in [3.05, 3.63) is 40.5 Å². The van der Waals surface area contributed by atoms with E-state index in [1.54, 1.807) is 26.2 Å². The number of hydrogen-bond donors (Lipinski definition) is 1. The highest BCUT2D eigenvalue weighted by atomic mass is 32.2. The van der Waals surface area contributed by atoms with E-state index in [4.69, 9.17) is 9.88 Å². The van der Waals surface area contributed by atoms with Crippen molar-refractivity contribution in [2.75, 3.05) is 13.2 Å². The van der Waals surface area contributed by atoms with Gasteiger partial charge in [-0.1, -0.05) is 11.3 Å². The summed E-state index contributed by atoms with van der Waals surface area (Å²) in [5.41, 5.74) is 1.89. The molecule has 0 aliphatic rings. The van der Waals surface area contributed by atoms with Gasteiger partial charge in [0, 0.05) is 25.8 Å². The summed E-state index contributed by atoms with van der Waals surface area (Å²) in [6.45, 7) is 5.17. The molecule has 0 fully saturated rings. The quantitative estimate of drug-likeness (QED) is 0.597. The molecule has 150 valence electrons. The third-order valence-corrected chi connectivity index (χ3v) is 6.12. The van der Waals surface area contributed by atoms with Crippen LogP contribution in [0.25, 0.3) is 10.2 Å². The number of carbonyl (C=O) groups excluding carboxylic acids is 1. The SMILES string of the molecule is CCOCCn1c(=NC(=O)c2c(C)cnn2C)sc2cc(S(N)(=O)=O)ccc21. The second-order valence-electron chi connectivity index (χ2n) is 6.12. The minimum Gasteiger partial charge on any atom is -0.380 e. The highest BCUT2D eigenvalue weighted by molar-refractivity contribution is 7.89. The third kappa shape index (κ3) is 4.07. The number of benzene rings is 1. The molecule has 1 aromatic carbocycles. The lowest BCUT2D eigenvalue weighted by Crippen LogP contribution is -2.20. The Bertz CT molecular complexity index is 1180. The number of rotatable bonds is 6. The highest BCUT2D eigenvalue weighted by Gasteiger charge is 2.16. The van der Waals surface area contributed by atoms with Crippen LogP contribution in [0.3, 0.4) is 0 Å². The minimum atomic E-state index is -3.82. The number of fused-ring (bicyclic) bond motifs is 1. The van der Waals surface area contributed by atoms with Gasteiger partial charge in [-0.25, -0.2) is 13.6 Å². The first-order valence-corrected chi connectivity index (χ1v) is 10.9. The van der Waals surface area contributed by atoms with Crippen LogP contribution in [0.2, 0.25) is 0 Å². The smallest absolute Gasteiger partial charge is 0.298 e. The summed E-state index contributed by atoms with van der Waals surface area (Å²) < 4.78 is 32.7. The van der Waals surface area contributed by atoms with Crippen molar-refractivity contribution in [3.63, 3.8) is 0 Å². The van der Waals surface area contributed by atoms with E-state index in [9.17, 15) is 13.2 Å². The van der Waals surface area contributed by atoms with Crippen molar-refractivity contribution in [2.24, 2.45) is 17.2 Å². The molecule has 0 saturated carbocycles. The molecule has 0 aliphatic carbocycles. The molecule has 0 radical (unpaired) electrons. The summed E-state index contributed by atoms with van der Waals surface area (Å²) in [5.74, 6) is -0.416. The van der Waals surface area contributed by atoms with Crippen molar-refractivity contribution >= 4 is 37.5 Å². The van der Waals surface area contributed by atoms with Crippen LogP contribution in [-0.4, -0.2) is 41.9 Å². The summed E-state index contributed by atoms with van der Waals surface area (Å²) >= 11 is 1.22. The van der Waals surface area contributed by atoms with E-state index in [-0.39, 0.29) is 4.90 Å². The largest absolute Gasteiger partial charge is 0.380 e. The maximum atomic E-state index is 12.7. The number of nitrogens with two attached hydrogens (primary N) is 1. The number of aryl methyl sites for hydroxylation is 2. The van der Waals surface area contributed by atoms with Crippen LogP contribution < -0.4 is 9.94 Å². The summed E-state index contributed by atoms with van der Waals surface area (Å²) in [5, 5.41) is 9.31. The molecule has 0 saturated heterocycles. The summed E-state index contributed by atoms with van der Waals surface area (Å²) in [7, 11) is -2.14. The molecule has 0 bridgehead atoms. The summed E-state index contributed by atoms with van der Waals surface area (Å²) in [4.78, 5) is 17.5. The molecule has 3 aromatic rings. The molecular weight excluding hydrogens is 402 g/mol. The molecule has 9 nitrogen and oxygen atoms in total. The van der Waals surface area contributed by atoms with E-state index in [0.29, 0.717) is 35.0 Å². The molecule has 0 unspecified atom stereocenters. The van der Waals surface area contributed by atoms with E-state index in [0.717, 1.165) is 11.1 Å². The van der Waals surface area contributed by atoms with Crippen molar-refractivity contribution < 1.29 is 17.9 Å². The fraction of sp³-hybridized carbons (Fsp3) is 0.353. The Hall–Kier alpha value is -2.34. The van der Waals surface area contributed by atoms with Crippen LogP contribution in [0, 0.1) is 6.92 Å². The van der Waals surface area contributed by atoms with Gasteiger partial charge in [-0.15, -0.1) is 0 Å². The molecule has 2 aromatic heterocycles. The Morgan fingerprint density at radius 2 is 2.14 bits per heavy atom. The average molecular weight is 424 g/mol. The highest BCUT2D eigenvalue weighted by Crippen LogP contribution is 2.21. The van der Waals surface area contributed by atoms with Crippen LogP contribution >= 0.6 is 11.3 Å². The van der Waals surface area contributed by atoms with Gasteiger partial charge in [-0.05, 0) is 32.0 Å². The molecule has 1 amide bonds. The lowest BCUT2D eigenvalue weighted by molar-refractivity contribution is 0.0987. The topological polar surface area (TPSA) is 122 Å². The lowest BCUT2D eigenvalue weighted by atomic mass is 10.3. The fourth-order valence-electron chi connectivity index (χ4n) is 2.83. The van der Waals surface area contributed by atoms with Crippen LogP contribution in [0.15, 0.2) is 34.3 Å². The number of hydrogen-bond acceptors (Lipinski definition) is 6. The van der Waals surface area contributed by atoms with E-state index in [1.165, 1.54) is 28.2 Å². The molecule has 11 heteroatoms. The van der Waals surface area contributed by atoms with Crippen LogP contribution in [0.5, 0.6) is 0 Å². The number of aromatic nitrogens is 3. The van der Waals surface area contributed by atoms with Gasteiger partial charge in [0.15, 0.2) is 4.80 Å². The fourth-order valence-corrected chi connectivity index (χ4v) is 4.53. The van der Waals surface area contributed by atoms with Gasteiger partial charge < -0.3 is 9.30 Å². The Kier molecular flexibility index (Phi) is 5.79. The van der Waals surface area contributed by atoms with Gasteiger partial charge in [0.25, 0.3) is 5.91 Å². The van der Waals surface area contributed by atoms with Gasteiger partial charge in [-0.3, -0.25) is 9.48 Å². The first-order chi connectivity index (χ1) is 13.2. The number of sulfonamides is 1. The van der Waals surface area contributed by atoms with E-state index in [2.05, 4.69) is 10.1 Å². The summed E-state index contributed by atoms with van der Waals surface area (Å²) in [6, 6.07) is 4.60. The zero-order chi connectivity index (χ0) is 20.5. The second-order valence-corrected chi connectivity index (χ2v) is 8.70. The number of ether oxygens (including phenoxy) is 1. The predicted octanol–water partition coefficient (Wildman–Crippen LogP) is 1.17. The molecule has 28 heavy (non-hydrogen) atoms. The Labute approximate surface area is 166 Å². The normalized spacial score (nSPS) is 12.8. The zero-order valence-corrected chi connectivity index (χ0v) is 17.4. The number of nitrogens with zero attached hydrogens (tertiary/aromatic N) is 4. The molecule has 2 heterocycles. The molecule has 0 atom stereocenters. The molecule has 3 rings (SSSR count).